The molecule has 0 bridgehead atoms. The molecule has 0 aliphatic heterocycles. The van der Waals surface area contributed by atoms with Gasteiger partial charge in [0.1, 0.15) is 0 Å². The first-order valence-corrected chi connectivity index (χ1v) is 7.90. The van der Waals surface area contributed by atoms with E-state index in [1.165, 1.54) is 5.56 Å². The molecule has 0 saturated heterocycles. The third-order valence-corrected chi connectivity index (χ3v) is 3.93. The zero-order valence-corrected chi connectivity index (χ0v) is 13.8. The average Bonchev–Trinajstić information content (AvgIpc) is 2.57. The zero-order chi connectivity index (χ0) is 16.7. The van der Waals surface area contributed by atoms with Gasteiger partial charge in [-0.1, -0.05) is 6.07 Å². The Labute approximate surface area is 137 Å². The Morgan fingerprint density at radius 3 is 2.65 bits per heavy atom. The van der Waals surface area contributed by atoms with Crippen molar-refractivity contribution < 1.29 is 9.84 Å². The minimum atomic E-state index is 0.0802. The summed E-state index contributed by atoms with van der Waals surface area (Å²) in [6.07, 6.45) is 4.56. The highest BCUT2D eigenvalue weighted by molar-refractivity contribution is 5.43. The van der Waals surface area contributed by atoms with Crippen molar-refractivity contribution in [1.82, 2.24) is 9.88 Å². The van der Waals surface area contributed by atoms with Crippen LogP contribution in [0.25, 0.3) is 0 Å². The molecule has 2 aromatic rings. The fraction of sp³-hybridized carbons (Fsp3) is 0.389. The number of benzene rings is 1. The summed E-state index contributed by atoms with van der Waals surface area (Å²) in [7, 11) is 2.06. The van der Waals surface area contributed by atoms with E-state index >= 15 is 0 Å². The maximum Gasteiger partial charge on any atom is 0.161 e. The Bertz CT molecular complexity index is 604. The van der Waals surface area contributed by atoms with Gasteiger partial charge < -0.3 is 15.6 Å². The largest absolute Gasteiger partial charge is 0.504 e. The van der Waals surface area contributed by atoms with E-state index in [0.29, 0.717) is 18.9 Å². The van der Waals surface area contributed by atoms with Crippen molar-refractivity contribution in [2.45, 2.75) is 19.4 Å². The number of phenolic OH excluding ortho intramolecular Hbond substituents is 1. The highest BCUT2D eigenvalue weighted by atomic mass is 16.5. The topological polar surface area (TPSA) is 71.6 Å². The van der Waals surface area contributed by atoms with Crippen LogP contribution < -0.4 is 10.5 Å². The van der Waals surface area contributed by atoms with Crippen LogP contribution in [0.1, 0.15) is 24.1 Å². The fourth-order valence-electron chi connectivity index (χ4n) is 2.59. The number of nitrogens with zero attached hydrogens (tertiary/aromatic N) is 2. The van der Waals surface area contributed by atoms with Crippen LogP contribution in [0.2, 0.25) is 0 Å². The summed E-state index contributed by atoms with van der Waals surface area (Å²) in [5.74, 6) is 0.664. The third-order valence-electron chi connectivity index (χ3n) is 3.93. The summed E-state index contributed by atoms with van der Waals surface area (Å²) in [5.41, 5.74) is 8.28. The number of rotatable bonds is 8. The molecule has 23 heavy (non-hydrogen) atoms. The van der Waals surface area contributed by atoms with E-state index in [1.54, 1.807) is 6.07 Å². The Morgan fingerprint density at radius 1 is 1.26 bits per heavy atom. The third kappa shape index (κ3) is 4.68. The molecule has 124 valence electrons. The van der Waals surface area contributed by atoms with Crippen LogP contribution >= 0.6 is 0 Å². The lowest BCUT2D eigenvalue weighted by atomic mass is 10.0. The molecule has 0 amide bonds. The second kappa shape index (κ2) is 8.50. The summed E-state index contributed by atoms with van der Waals surface area (Å²) in [5, 5.41) is 9.84. The van der Waals surface area contributed by atoms with Gasteiger partial charge >= 0.3 is 0 Å². The highest BCUT2D eigenvalue weighted by Crippen LogP contribution is 2.30. The molecule has 0 spiro atoms. The van der Waals surface area contributed by atoms with Crippen LogP contribution in [0.3, 0.4) is 0 Å². The number of aromatic nitrogens is 1. The lowest BCUT2D eigenvalue weighted by Gasteiger charge is -2.27. The van der Waals surface area contributed by atoms with Gasteiger partial charge in [0.15, 0.2) is 11.5 Å². The molecule has 1 unspecified atom stereocenters. The number of phenols is 1. The molecule has 5 nitrogen and oxygen atoms in total. The summed E-state index contributed by atoms with van der Waals surface area (Å²) in [6, 6.07) is 9.58. The second-order valence-corrected chi connectivity index (χ2v) is 5.50. The minimum absolute atomic E-state index is 0.0802. The lowest BCUT2D eigenvalue weighted by Crippen LogP contribution is -2.32. The van der Waals surface area contributed by atoms with Crippen molar-refractivity contribution in [2.24, 2.45) is 5.73 Å². The summed E-state index contributed by atoms with van der Waals surface area (Å²) >= 11 is 0. The van der Waals surface area contributed by atoms with Crippen molar-refractivity contribution in [1.29, 1.82) is 0 Å². The predicted molar refractivity (Wildman–Crippen MR) is 91.6 cm³/mol. The van der Waals surface area contributed by atoms with Gasteiger partial charge in [-0.2, -0.15) is 0 Å². The van der Waals surface area contributed by atoms with E-state index < -0.39 is 0 Å². The quantitative estimate of drug-likeness (QED) is 0.782. The van der Waals surface area contributed by atoms with Gasteiger partial charge in [-0.15, -0.1) is 0 Å². The molecule has 5 heteroatoms. The average molecular weight is 315 g/mol. The van der Waals surface area contributed by atoms with Gasteiger partial charge in [0.05, 0.1) is 6.61 Å². The first-order chi connectivity index (χ1) is 11.2. The van der Waals surface area contributed by atoms with Crippen LogP contribution in [0.5, 0.6) is 11.5 Å². The van der Waals surface area contributed by atoms with Crippen LogP contribution in [0, 0.1) is 0 Å². The van der Waals surface area contributed by atoms with Crippen LogP contribution in [0.15, 0.2) is 42.7 Å². The smallest absolute Gasteiger partial charge is 0.161 e. The molecule has 1 heterocycles. The Balaban J connectivity index is 2.07. The van der Waals surface area contributed by atoms with Gasteiger partial charge in [0.25, 0.3) is 0 Å². The maximum absolute atomic E-state index is 9.84. The SMILES string of the molecule is CCOc1cc(C(CN)N(C)CCc2ccncc2)ccc1O. The van der Waals surface area contributed by atoms with Crippen molar-refractivity contribution in [3.63, 3.8) is 0 Å². The van der Waals surface area contributed by atoms with Gasteiger partial charge in [0, 0.05) is 31.5 Å². The number of ether oxygens (including phenoxy) is 1. The maximum atomic E-state index is 9.84. The number of nitrogens with two attached hydrogens (primary N) is 1. The van der Waals surface area contributed by atoms with Crippen LogP contribution in [0.4, 0.5) is 0 Å². The second-order valence-electron chi connectivity index (χ2n) is 5.50. The minimum Gasteiger partial charge on any atom is -0.504 e. The van der Waals surface area contributed by atoms with Crippen molar-refractivity contribution in [3.05, 3.63) is 53.9 Å². The molecule has 3 N–H and O–H groups in total. The lowest BCUT2D eigenvalue weighted by molar-refractivity contribution is 0.251. The van der Waals surface area contributed by atoms with Crippen molar-refractivity contribution in [2.75, 3.05) is 26.7 Å². The molecule has 2 rings (SSSR count). The molecule has 0 aliphatic carbocycles. The van der Waals surface area contributed by atoms with E-state index in [1.807, 2.05) is 43.6 Å². The van der Waals surface area contributed by atoms with E-state index in [4.69, 9.17) is 10.5 Å². The summed E-state index contributed by atoms with van der Waals surface area (Å²) in [6.45, 7) is 3.80. The molecule has 0 aliphatic rings. The number of aromatic hydroxyl groups is 1. The molecule has 1 aromatic heterocycles. The first kappa shape index (κ1) is 17.2. The molecule has 0 saturated carbocycles. The van der Waals surface area contributed by atoms with E-state index in [0.717, 1.165) is 18.5 Å². The number of hydrogen-bond acceptors (Lipinski definition) is 5. The predicted octanol–water partition coefficient (Wildman–Crippen LogP) is 2.36. The fourth-order valence-corrected chi connectivity index (χ4v) is 2.59. The molecular formula is C18H25N3O2. The standard InChI is InChI=1S/C18H25N3O2/c1-3-23-18-12-15(4-5-17(18)22)16(13-19)21(2)11-8-14-6-9-20-10-7-14/h4-7,9-10,12,16,22H,3,8,11,13,19H2,1-2H3. The molecular weight excluding hydrogens is 290 g/mol. The number of hydrogen-bond donors (Lipinski definition) is 2. The van der Waals surface area contributed by atoms with Gasteiger partial charge in [-0.05, 0) is 55.8 Å². The van der Waals surface area contributed by atoms with Crippen molar-refractivity contribution in [3.8, 4) is 11.5 Å². The van der Waals surface area contributed by atoms with Crippen LogP contribution in [-0.2, 0) is 6.42 Å². The molecule has 1 aromatic carbocycles. The zero-order valence-electron chi connectivity index (χ0n) is 13.8. The normalized spacial score (nSPS) is 12.3. The van der Waals surface area contributed by atoms with E-state index in [2.05, 4.69) is 16.9 Å². The number of likely N-dealkylation sites (N-methyl/N-ethyl adjacent to an activating group) is 1. The van der Waals surface area contributed by atoms with E-state index in [9.17, 15) is 5.11 Å². The van der Waals surface area contributed by atoms with Gasteiger partial charge in [0.2, 0.25) is 0 Å². The Hall–Kier alpha value is -2.11. The molecule has 1 atom stereocenters. The molecule has 0 radical (unpaired) electrons. The monoisotopic (exact) mass is 315 g/mol. The van der Waals surface area contributed by atoms with Gasteiger partial charge in [-0.3, -0.25) is 9.88 Å². The van der Waals surface area contributed by atoms with Crippen LogP contribution in [-0.4, -0.2) is 41.7 Å². The highest BCUT2D eigenvalue weighted by Gasteiger charge is 2.17. The van der Waals surface area contributed by atoms with E-state index in [-0.39, 0.29) is 11.8 Å². The Kier molecular flexibility index (Phi) is 6.38. The first-order valence-electron chi connectivity index (χ1n) is 7.90. The summed E-state index contributed by atoms with van der Waals surface area (Å²) in [4.78, 5) is 6.26. The Morgan fingerprint density at radius 2 is 2.00 bits per heavy atom. The van der Waals surface area contributed by atoms with Crippen molar-refractivity contribution >= 4 is 0 Å². The van der Waals surface area contributed by atoms with Gasteiger partial charge in [-0.25, -0.2) is 0 Å². The summed E-state index contributed by atoms with van der Waals surface area (Å²) < 4.78 is 5.46. The molecule has 0 fully saturated rings. The number of pyridine rings is 1.